The average Bonchev–Trinajstić information content (AvgIpc) is 2.70. The van der Waals surface area contributed by atoms with Crippen molar-refractivity contribution >= 4 is 41.1 Å². The van der Waals surface area contributed by atoms with Gasteiger partial charge in [-0.05, 0) is 24.3 Å². The number of nitrogens with zero attached hydrogens (tertiary/aromatic N) is 4. The molecule has 1 aromatic carbocycles. The first-order valence-electron chi connectivity index (χ1n) is 8.00. The Morgan fingerprint density at radius 3 is 2.59 bits per heavy atom. The molecule has 0 fully saturated rings. The third-order valence-electron chi connectivity index (χ3n) is 3.85. The average molecular weight is 418 g/mol. The fourth-order valence-corrected chi connectivity index (χ4v) is 2.57. The van der Waals surface area contributed by atoms with Gasteiger partial charge in [0.2, 0.25) is 5.95 Å². The second-order valence-corrected chi connectivity index (χ2v) is 6.20. The SMILES string of the molecule is CN(C(=O)O)c1nc(Nc2ccc(F)c(Cl)c2)ncc1-c1cncc(C(=O)O)c1. The Balaban J connectivity index is 2.05. The molecule has 0 aliphatic rings. The molecule has 0 bridgehead atoms. The summed E-state index contributed by atoms with van der Waals surface area (Å²) in [7, 11) is 1.28. The number of pyridine rings is 1. The first-order valence-corrected chi connectivity index (χ1v) is 8.38. The second-order valence-electron chi connectivity index (χ2n) is 5.79. The van der Waals surface area contributed by atoms with Gasteiger partial charge in [-0.3, -0.25) is 9.88 Å². The number of nitrogens with one attached hydrogen (secondary N) is 1. The predicted molar refractivity (Wildman–Crippen MR) is 103 cm³/mol. The lowest BCUT2D eigenvalue weighted by atomic mass is 10.1. The molecule has 0 spiro atoms. The molecule has 11 heteroatoms. The van der Waals surface area contributed by atoms with E-state index in [1.807, 2.05) is 0 Å². The van der Waals surface area contributed by atoms with Gasteiger partial charge in [-0.25, -0.2) is 19.0 Å². The molecule has 2 heterocycles. The van der Waals surface area contributed by atoms with Crippen molar-refractivity contribution in [2.24, 2.45) is 0 Å². The maximum Gasteiger partial charge on any atom is 0.412 e. The van der Waals surface area contributed by atoms with Gasteiger partial charge >= 0.3 is 12.1 Å². The van der Waals surface area contributed by atoms with E-state index in [4.69, 9.17) is 16.7 Å². The van der Waals surface area contributed by atoms with Crippen molar-refractivity contribution in [3.8, 4) is 11.1 Å². The van der Waals surface area contributed by atoms with E-state index in [1.165, 1.54) is 43.8 Å². The number of carboxylic acid groups (broad SMARTS) is 2. The van der Waals surface area contributed by atoms with Gasteiger partial charge in [-0.1, -0.05) is 11.6 Å². The fourth-order valence-electron chi connectivity index (χ4n) is 2.39. The highest BCUT2D eigenvalue weighted by Gasteiger charge is 2.19. The molecule has 3 N–H and O–H groups in total. The molecule has 3 aromatic rings. The summed E-state index contributed by atoms with van der Waals surface area (Å²) in [6, 6.07) is 5.24. The zero-order valence-electron chi connectivity index (χ0n) is 14.8. The smallest absolute Gasteiger partial charge is 0.412 e. The minimum atomic E-state index is -1.29. The van der Waals surface area contributed by atoms with Crippen LogP contribution in [0.25, 0.3) is 11.1 Å². The highest BCUT2D eigenvalue weighted by Crippen LogP contribution is 2.30. The summed E-state index contributed by atoms with van der Waals surface area (Å²) in [6.45, 7) is 0. The molecule has 0 atom stereocenters. The summed E-state index contributed by atoms with van der Waals surface area (Å²) >= 11 is 5.75. The highest BCUT2D eigenvalue weighted by molar-refractivity contribution is 6.31. The molecule has 2 aromatic heterocycles. The van der Waals surface area contributed by atoms with Crippen molar-refractivity contribution in [1.29, 1.82) is 0 Å². The largest absolute Gasteiger partial charge is 0.478 e. The molecular formula is C18H13ClFN5O4. The quantitative estimate of drug-likeness (QED) is 0.570. The van der Waals surface area contributed by atoms with Crippen LogP contribution < -0.4 is 10.2 Å². The number of carboxylic acids is 1. The van der Waals surface area contributed by atoms with Crippen LogP contribution in [0.2, 0.25) is 5.02 Å². The van der Waals surface area contributed by atoms with Crippen molar-refractivity contribution in [2.75, 3.05) is 17.3 Å². The van der Waals surface area contributed by atoms with Crippen LogP contribution in [0.1, 0.15) is 10.4 Å². The van der Waals surface area contributed by atoms with Crippen LogP contribution >= 0.6 is 11.6 Å². The number of halogens is 2. The summed E-state index contributed by atoms with van der Waals surface area (Å²) < 4.78 is 13.3. The van der Waals surface area contributed by atoms with Crippen LogP contribution in [-0.2, 0) is 0 Å². The Bertz CT molecular complexity index is 1110. The maximum absolute atomic E-state index is 13.3. The van der Waals surface area contributed by atoms with Gasteiger partial charge in [0.15, 0.2) is 5.82 Å². The molecule has 1 amide bonds. The summed E-state index contributed by atoms with van der Waals surface area (Å²) in [4.78, 5) is 35.7. The van der Waals surface area contributed by atoms with Crippen molar-refractivity contribution in [3.63, 3.8) is 0 Å². The van der Waals surface area contributed by atoms with Crippen molar-refractivity contribution in [3.05, 3.63) is 59.3 Å². The number of anilines is 3. The monoisotopic (exact) mass is 417 g/mol. The molecule has 0 unspecified atom stereocenters. The molecule has 0 saturated carbocycles. The van der Waals surface area contributed by atoms with Gasteiger partial charge in [-0.15, -0.1) is 0 Å². The molecule has 3 rings (SSSR count). The summed E-state index contributed by atoms with van der Waals surface area (Å²) in [5, 5.41) is 21.2. The van der Waals surface area contributed by atoms with E-state index in [2.05, 4.69) is 20.3 Å². The predicted octanol–water partition coefficient (Wildman–Crippen LogP) is 3.89. The third kappa shape index (κ3) is 4.38. The lowest BCUT2D eigenvalue weighted by Gasteiger charge is -2.17. The number of hydrogen-bond acceptors (Lipinski definition) is 6. The van der Waals surface area contributed by atoms with E-state index >= 15 is 0 Å². The Labute approximate surface area is 168 Å². The minimum Gasteiger partial charge on any atom is -0.478 e. The van der Waals surface area contributed by atoms with Gasteiger partial charge in [0, 0.05) is 42.5 Å². The molecule has 0 aliphatic heterocycles. The zero-order valence-corrected chi connectivity index (χ0v) is 15.6. The molecule has 0 radical (unpaired) electrons. The molecular weight excluding hydrogens is 405 g/mol. The number of carbonyl (C=O) groups is 2. The van der Waals surface area contributed by atoms with E-state index in [9.17, 15) is 19.1 Å². The van der Waals surface area contributed by atoms with Crippen LogP contribution in [0.5, 0.6) is 0 Å². The molecule has 0 saturated heterocycles. The number of aromatic carboxylic acids is 1. The first-order chi connectivity index (χ1) is 13.8. The first kappa shape index (κ1) is 20.0. The van der Waals surface area contributed by atoms with E-state index in [1.54, 1.807) is 0 Å². The molecule has 148 valence electrons. The summed E-state index contributed by atoms with van der Waals surface area (Å²) in [6.07, 6.45) is 2.58. The van der Waals surface area contributed by atoms with E-state index < -0.39 is 17.9 Å². The van der Waals surface area contributed by atoms with E-state index in [0.717, 1.165) is 11.0 Å². The van der Waals surface area contributed by atoms with Crippen LogP contribution in [0.4, 0.5) is 26.6 Å². The van der Waals surface area contributed by atoms with E-state index in [-0.39, 0.29) is 27.9 Å². The third-order valence-corrected chi connectivity index (χ3v) is 4.13. The number of hydrogen-bond donors (Lipinski definition) is 3. The number of amides is 1. The zero-order chi connectivity index (χ0) is 21.1. The topological polar surface area (TPSA) is 129 Å². The lowest BCUT2D eigenvalue weighted by Crippen LogP contribution is -2.26. The Kier molecular flexibility index (Phi) is 5.55. The number of rotatable bonds is 5. The molecule has 29 heavy (non-hydrogen) atoms. The van der Waals surface area contributed by atoms with Crippen LogP contribution in [0.3, 0.4) is 0 Å². The van der Waals surface area contributed by atoms with Gasteiger partial charge in [0.05, 0.1) is 10.6 Å². The van der Waals surface area contributed by atoms with Gasteiger partial charge in [-0.2, -0.15) is 4.98 Å². The van der Waals surface area contributed by atoms with Gasteiger partial charge in [0.25, 0.3) is 0 Å². The van der Waals surface area contributed by atoms with Crippen molar-refractivity contribution in [2.45, 2.75) is 0 Å². The van der Waals surface area contributed by atoms with E-state index in [0.29, 0.717) is 11.3 Å². The highest BCUT2D eigenvalue weighted by atomic mass is 35.5. The summed E-state index contributed by atoms with van der Waals surface area (Å²) in [5.74, 6) is -1.75. The Morgan fingerprint density at radius 2 is 1.93 bits per heavy atom. The molecule has 0 aliphatic carbocycles. The van der Waals surface area contributed by atoms with Crippen LogP contribution in [0, 0.1) is 5.82 Å². The van der Waals surface area contributed by atoms with Gasteiger partial charge < -0.3 is 15.5 Å². The van der Waals surface area contributed by atoms with Crippen LogP contribution in [-0.4, -0.2) is 44.3 Å². The van der Waals surface area contributed by atoms with Crippen LogP contribution in [0.15, 0.2) is 42.9 Å². The second kappa shape index (κ2) is 8.07. The number of benzene rings is 1. The van der Waals surface area contributed by atoms with Crippen molar-refractivity contribution < 1.29 is 24.2 Å². The van der Waals surface area contributed by atoms with Crippen molar-refractivity contribution in [1.82, 2.24) is 15.0 Å². The normalized spacial score (nSPS) is 10.4. The minimum absolute atomic E-state index is 0.00690. The molecule has 9 nitrogen and oxygen atoms in total. The standard InChI is InChI=1S/C18H13ClFN5O4/c1-25(18(28)29)15-12(9-4-10(16(26)27)7-21-6-9)8-22-17(24-15)23-11-2-3-14(20)13(19)5-11/h2-8H,1H3,(H,26,27)(H,28,29)(H,22,23,24). The lowest BCUT2D eigenvalue weighted by molar-refractivity contribution is 0.0696. The Hall–Kier alpha value is -3.79. The van der Waals surface area contributed by atoms with Gasteiger partial charge in [0.1, 0.15) is 5.82 Å². The Morgan fingerprint density at radius 1 is 1.17 bits per heavy atom. The maximum atomic E-state index is 13.3. The summed E-state index contributed by atoms with van der Waals surface area (Å²) in [5.41, 5.74) is 0.898. The number of aromatic nitrogens is 3. The fraction of sp³-hybridized carbons (Fsp3) is 0.0556.